The Hall–Kier alpha value is -4.15. The van der Waals surface area contributed by atoms with Crippen molar-refractivity contribution >= 4 is 28.8 Å². The maximum Gasteiger partial charge on any atom is 0.335 e. The molecule has 5 rings (SSSR count). The number of aromatic carboxylic acids is 1. The Bertz CT molecular complexity index is 1550. The molecule has 5 N–H and O–H groups in total. The van der Waals surface area contributed by atoms with Gasteiger partial charge in [-0.15, -0.1) is 0 Å². The summed E-state index contributed by atoms with van der Waals surface area (Å²) < 4.78 is 51.8. The van der Waals surface area contributed by atoms with Crippen molar-refractivity contribution in [3.63, 3.8) is 0 Å². The van der Waals surface area contributed by atoms with Gasteiger partial charge in [-0.05, 0) is 48.7 Å². The van der Waals surface area contributed by atoms with Crippen molar-refractivity contribution in [1.82, 2.24) is 4.57 Å². The number of aliphatic hydroxyl groups excluding tert-OH is 1. The van der Waals surface area contributed by atoms with E-state index in [0.29, 0.717) is 28.8 Å². The summed E-state index contributed by atoms with van der Waals surface area (Å²) in [6, 6.07) is 11.1. The van der Waals surface area contributed by atoms with Gasteiger partial charge in [-0.1, -0.05) is 18.6 Å². The van der Waals surface area contributed by atoms with Crippen molar-refractivity contribution < 1.29 is 32.9 Å². The number of methoxy groups -OCH3 is 1. The van der Waals surface area contributed by atoms with E-state index in [1.807, 2.05) is 0 Å². The highest BCUT2D eigenvalue weighted by molar-refractivity contribution is 6.05. The Morgan fingerprint density at radius 1 is 1.08 bits per heavy atom. The largest absolute Gasteiger partial charge is 0.478 e. The molecule has 1 aliphatic carbocycles. The van der Waals surface area contributed by atoms with Crippen molar-refractivity contribution in [2.75, 3.05) is 20.0 Å². The molecule has 1 aliphatic rings. The second-order valence-corrected chi connectivity index (χ2v) is 9.12. The first kappa shape index (κ1) is 27.9. The number of hydrogen-bond acceptors (Lipinski definition) is 5. The number of nitrogens with two attached hydrogens (primary N) is 1. The number of nitrogens with one attached hydrogen (secondary N) is 1. The van der Waals surface area contributed by atoms with E-state index in [1.165, 1.54) is 18.2 Å². The van der Waals surface area contributed by atoms with Crippen LogP contribution in [0, 0.1) is 22.9 Å². The number of halogens is 3. The van der Waals surface area contributed by atoms with E-state index in [0.717, 1.165) is 38.3 Å². The predicted molar refractivity (Wildman–Crippen MR) is 143 cm³/mol. The lowest BCUT2D eigenvalue weighted by atomic mass is 9.91. The lowest BCUT2D eigenvalue weighted by Gasteiger charge is -2.23. The van der Waals surface area contributed by atoms with Gasteiger partial charge in [0.15, 0.2) is 17.5 Å². The van der Waals surface area contributed by atoms with Crippen molar-refractivity contribution in [1.29, 1.82) is 5.41 Å². The zero-order valence-electron chi connectivity index (χ0n) is 21.3. The Kier molecular flexibility index (Phi) is 8.08. The minimum absolute atomic E-state index is 0.0661. The van der Waals surface area contributed by atoms with E-state index >= 15 is 4.39 Å². The molecule has 2 unspecified atom stereocenters. The molecule has 0 bridgehead atoms. The number of nitrogen functional groups attached to an aromatic ring is 1. The lowest BCUT2D eigenvalue weighted by molar-refractivity contribution is 0.0697. The second-order valence-electron chi connectivity index (χ2n) is 9.12. The topological polar surface area (TPSA) is 122 Å². The van der Waals surface area contributed by atoms with Gasteiger partial charge in [0, 0.05) is 60.3 Å². The number of rotatable bonds is 6. The van der Waals surface area contributed by atoms with E-state index in [2.05, 4.69) is 0 Å². The number of ether oxygens (including phenoxy) is 1. The molecular weight excluding hydrogens is 511 g/mol. The SMILES string of the molecule is CO.COC1CCCC1c1c(-c2ccc(C(=O)O)cc2)c2c(F)c(N)c(C=N)cc2n1-c1ccc(F)c(F)c1. The first-order chi connectivity index (χ1) is 18.8. The third-order valence-corrected chi connectivity index (χ3v) is 7.15. The van der Waals surface area contributed by atoms with Crippen LogP contribution in [-0.2, 0) is 4.74 Å². The van der Waals surface area contributed by atoms with E-state index < -0.39 is 23.4 Å². The van der Waals surface area contributed by atoms with Gasteiger partial charge in [0.05, 0.1) is 22.9 Å². The van der Waals surface area contributed by atoms with E-state index in [1.54, 1.807) is 29.9 Å². The standard InChI is InChI=1S/C28H24F3N3O3.CH4O/c1-37-22-4-2-3-18(22)27-23(14-5-7-15(8-6-14)28(35)36)24-21(11-16(13-32)26(33)25(24)31)34(27)17-9-10-19(29)20(30)12-17;1-2/h5-13,18,22,32H,2-4,33H2,1H3,(H,35,36);2H,1H3. The summed E-state index contributed by atoms with van der Waals surface area (Å²) in [7, 11) is 2.60. The third-order valence-electron chi connectivity index (χ3n) is 7.15. The highest BCUT2D eigenvalue weighted by Crippen LogP contribution is 2.48. The predicted octanol–water partition coefficient (Wildman–Crippen LogP) is 5.88. The van der Waals surface area contributed by atoms with Gasteiger partial charge in [0.2, 0.25) is 0 Å². The van der Waals surface area contributed by atoms with Gasteiger partial charge >= 0.3 is 5.97 Å². The maximum atomic E-state index is 16.0. The monoisotopic (exact) mass is 539 g/mol. The number of benzene rings is 3. The number of carbonyl (C=O) groups is 1. The minimum Gasteiger partial charge on any atom is -0.478 e. The summed E-state index contributed by atoms with van der Waals surface area (Å²) >= 11 is 0. The number of nitrogens with zero attached hydrogens (tertiary/aromatic N) is 1. The smallest absolute Gasteiger partial charge is 0.335 e. The Balaban J connectivity index is 0.00000172. The van der Waals surface area contributed by atoms with E-state index in [9.17, 15) is 18.7 Å². The van der Waals surface area contributed by atoms with Crippen LogP contribution in [-0.4, -0.2) is 47.3 Å². The molecule has 204 valence electrons. The summed E-state index contributed by atoms with van der Waals surface area (Å²) in [5, 5.41) is 24.3. The number of aliphatic hydroxyl groups is 1. The fourth-order valence-corrected chi connectivity index (χ4v) is 5.42. The molecule has 0 spiro atoms. The van der Waals surface area contributed by atoms with E-state index in [4.69, 9.17) is 21.0 Å². The van der Waals surface area contributed by atoms with Crippen LogP contribution in [0.15, 0.2) is 48.5 Å². The Labute approximate surface area is 222 Å². The van der Waals surface area contributed by atoms with Crippen LogP contribution < -0.4 is 5.73 Å². The summed E-state index contributed by atoms with van der Waals surface area (Å²) in [6.07, 6.45) is 3.03. The highest BCUT2D eigenvalue weighted by atomic mass is 19.2. The molecule has 1 saturated carbocycles. The number of carboxylic acid groups (broad SMARTS) is 1. The number of aromatic nitrogens is 1. The van der Waals surface area contributed by atoms with Crippen LogP contribution in [0.25, 0.3) is 27.7 Å². The summed E-state index contributed by atoms with van der Waals surface area (Å²) in [5.74, 6) is -4.16. The zero-order chi connectivity index (χ0) is 28.4. The molecule has 4 aromatic rings. The van der Waals surface area contributed by atoms with Crippen molar-refractivity contribution in [2.24, 2.45) is 0 Å². The van der Waals surface area contributed by atoms with Crippen LogP contribution in [0.3, 0.4) is 0 Å². The number of hydrogen-bond donors (Lipinski definition) is 4. The zero-order valence-corrected chi connectivity index (χ0v) is 21.3. The molecule has 3 aromatic carbocycles. The first-order valence-electron chi connectivity index (χ1n) is 12.2. The van der Waals surface area contributed by atoms with Gasteiger partial charge in [0.1, 0.15) is 0 Å². The van der Waals surface area contributed by atoms with Crippen LogP contribution in [0.2, 0.25) is 0 Å². The minimum atomic E-state index is -1.10. The normalized spacial score (nSPS) is 16.7. The molecule has 0 saturated heterocycles. The molecule has 7 nitrogen and oxygen atoms in total. The number of fused-ring (bicyclic) bond motifs is 1. The molecular formula is C29H28F3N3O4. The highest BCUT2D eigenvalue weighted by Gasteiger charge is 2.36. The van der Waals surface area contributed by atoms with Gasteiger partial charge < -0.3 is 30.7 Å². The summed E-state index contributed by atoms with van der Waals surface area (Å²) in [6.45, 7) is 0. The third kappa shape index (κ3) is 4.77. The Morgan fingerprint density at radius 3 is 2.36 bits per heavy atom. The molecule has 0 radical (unpaired) electrons. The molecule has 10 heteroatoms. The number of anilines is 1. The summed E-state index contributed by atoms with van der Waals surface area (Å²) in [4.78, 5) is 11.5. The second kappa shape index (κ2) is 11.3. The van der Waals surface area contributed by atoms with Gasteiger partial charge in [-0.3, -0.25) is 0 Å². The molecule has 39 heavy (non-hydrogen) atoms. The van der Waals surface area contributed by atoms with Crippen LogP contribution in [0.1, 0.15) is 46.8 Å². The molecule has 1 fully saturated rings. The molecule has 1 heterocycles. The van der Waals surface area contributed by atoms with Gasteiger partial charge in [-0.2, -0.15) is 0 Å². The van der Waals surface area contributed by atoms with Gasteiger partial charge in [0.25, 0.3) is 0 Å². The average Bonchev–Trinajstić information content (AvgIpc) is 3.55. The first-order valence-corrected chi connectivity index (χ1v) is 12.2. The van der Waals surface area contributed by atoms with Crippen LogP contribution >= 0.6 is 0 Å². The lowest BCUT2D eigenvalue weighted by Crippen LogP contribution is -2.18. The molecule has 2 atom stereocenters. The average molecular weight is 540 g/mol. The molecule has 1 aromatic heterocycles. The maximum absolute atomic E-state index is 16.0. The van der Waals surface area contributed by atoms with E-state index in [-0.39, 0.29) is 39.9 Å². The summed E-state index contributed by atoms with van der Waals surface area (Å²) in [5.41, 5.74) is 8.28. The van der Waals surface area contributed by atoms with Crippen molar-refractivity contribution in [3.8, 4) is 16.8 Å². The fraction of sp³-hybridized carbons (Fsp3) is 0.241. The quantitative estimate of drug-likeness (QED) is 0.180. The van der Waals surface area contributed by atoms with Crippen molar-refractivity contribution in [2.45, 2.75) is 31.3 Å². The fourth-order valence-electron chi connectivity index (χ4n) is 5.42. The van der Waals surface area contributed by atoms with Crippen molar-refractivity contribution in [3.05, 3.63) is 82.8 Å². The molecule has 0 amide bonds. The molecule has 0 aliphatic heterocycles. The number of carboxylic acids is 1. The van der Waals surface area contributed by atoms with Crippen LogP contribution in [0.4, 0.5) is 18.9 Å². The van der Waals surface area contributed by atoms with Crippen LogP contribution in [0.5, 0.6) is 0 Å². The van der Waals surface area contributed by atoms with Gasteiger partial charge in [-0.25, -0.2) is 18.0 Å². The Morgan fingerprint density at radius 2 is 1.77 bits per heavy atom.